The van der Waals surface area contributed by atoms with Crippen molar-refractivity contribution in [1.82, 2.24) is 0 Å². The van der Waals surface area contributed by atoms with Gasteiger partial charge < -0.3 is 15.3 Å². The van der Waals surface area contributed by atoms with E-state index in [4.69, 9.17) is 5.11 Å². The van der Waals surface area contributed by atoms with Gasteiger partial charge in [0.2, 0.25) is 0 Å². The van der Waals surface area contributed by atoms with E-state index in [1.807, 2.05) is 0 Å². The van der Waals surface area contributed by atoms with Crippen LogP contribution >= 0.6 is 0 Å². The highest BCUT2D eigenvalue weighted by Crippen LogP contribution is 2.15. The van der Waals surface area contributed by atoms with Crippen molar-refractivity contribution in [3.05, 3.63) is 12.2 Å². The van der Waals surface area contributed by atoms with Gasteiger partial charge in [-0.15, -0.1) is 0 Å². The maximum absolute atomic E-state index is 11.5. The van der Waals surface area contributed by atoms with E-state index in [0.29, 0.717) is 32.1 Å². The van der Waals surface area contributed by atoms with Crippen molar-refractivity contribution in [3.8, 4) is 0 Å². The van der Waals surface area contributed by atoms with Gasteiger partial charge in [0.15, 0.2) is 5.78 Å². The van der Waals surface area contributed by atoms with Gasteiger partial charge in [-0.25, -0.2) is 0 Å². The Morgan fingerprint density at radius 1 is 1.21 bits per heavy atom. The number of aliphatic hydroxyl groups is 2. The van der Waals surface area contributed by atoms with Crippen LogP contribution in [0.3, 0.4) is 0 Å². The summed E-state index contributed by atoms with van der Waals surface area (Å²) in [4.78, 5) is 21.8. The number of ketones is 1. The number of unbranched alkanes of at least 4 members (excludes halogenated alkanes) is 2. The summed E-state index contributed by atoms with van der Waals surface area (Å²) in [5, 5.41) is 27.8. The highest BCUT2D eigenvalue weighted by atomic mass is 16.4. The molecule has 0 aromatic heterocycles. The molecule has 0 aromatic carbocycles. The van der Waals surface area contributed by atoms with E-state index in [0.717, 1.165) is 0 Å². The molecule has 0 aliphatic carbocycles. The minimum Gasteiger partial charge on any atom is -0.481 e. The van der Waals surface area contributed by atoms with Crippen molar-refractivity contribution in [1.29, 1.82) is 0 Å². The molecule has 0 saturated carbocycles. The number of hydrogen-bond donors (Lipinski definition) is 3. The van der Waals surface area contributed by atoms with Gasteiger partial charge in [-0.3, -0.25) is 9.59 Å². The molecule has 0 fully saturated rings. The maximum Gasteiger partial charge on any atom is 0.303 e. The third-order valence-corrected chi connectivity index (χ3v) is 2.98. The number of carbonyl (C=O) groups is 2. The monoisotopic (exact) mass is 272 g/mol. The predicted octanol–water partition coefficient (Wildman–Crippen LogP) is 1.67. The molecule has 0 unspecified atom stereocenters. The fourth-order valence-electron chi connectivity index (χ4n) is 1.62. The van der Waals surface area contributed by atoms with Crippen molar-refractivity contribution in [3.63, 3.8) is 0 Å². The average Bonchev–Trinajstić information content (AvgIpc) is 2.34. The number of carboxylic acids is 1. The summed E-state index contributed by atoms with van der Waals surface area (Å²) < 4.78 is 0. The Hall–Kier alpha value is -1.20. The number of allylic oxidation sites excluding steroid dienone is 1. The van der Waals surface area contributed by atoms with E-state index in [1.165, 1.54) is 19.1 Å². The first kappa shape index (κ1) is 17.8. The van der Waals surface area contributed by atoms with Crippen molar-refractivity contribution in [2.24, 2.45) is 0 Å². The highest BCUT2D eigenvalue weighted by Gasteiger charge is 2.25. The molecule has 110 valence electrons. The SMILES string of the molecule is CC[C@@H](O)[C@@](C)(O)/C=C/C(=O)CCCCCC(=O)O. The van der Waals surface area contributed by atoms with E-state index in [1.54, 1.807) is 6.92 Å². The zero-order valence-corrected chi connectivity index (χ0v) is 11.6. The second-order valence-corrected chi connectivity index (χ2v) is 4.90. The van der Waals surface area contributed by atoms with Crippen LogP contribution in [0.2, 0.25) is 0 Å². The van der Waals surface area contributed by atoms with Crippen molar-refractivity contribution in [2.45, 2.75) is 64.1 Å². The fraction of sp³-hybridized carbons (Fsp3) is 0.714. The van der Waals surface area contributed by atoms with Crippen molar-refractivity contribution in [2.75, 3.05) is 0 Å². The third-order valence-electron chi connectivity index (χ3n) is 2.98. The lowest BCUT2D eigenvalue weighted by molar-refractivity contribution is -0.137. The quantitative estimate of drug-likeness (QED) is 0.415. The minimum absolute atomic E-state index is 0.126. The molecule has 0 rings (SSSR count). The van der Waals surface area contributed by atoms with Gasteiger partial charge in [0, 0.05) is 12.8 Å². The van der Waals surface area contributed by atoms with Crippen LogP contribution in [0.5, 0.6) is 0 Å². The lowest BCUT2D eigenvalue weighted by Crippen LogP contribution is -2.36. The number of carboxylic acid groups (broad SMARTS) is 1. The van der Waals surface area contributed by atoms with E-state index in [-0.39, 0.29) is 12.2 Å². The smallest absolute Gasteiger partial charge is 0.303 e. The van der Waals surface area contributed by atoms with Gasteiger partial charge in [-0.2, -0.15) is 0 Å². The zero-order valence-electron chi connectivity index (χ0n) is 11.6. The van der Waals surface area contributed by atoms with Crippen LogP contribution in [-0.4, -0.2) is 38.8 Å². The van der Waals surface area contributed by atoms with Gasteiger partial charge in [-0.05, 0) is 38.3 Å². The fourth-order valence-corrected chi connectivity index (χ4v) is 1.62. The number of rotatable bonds is 10. The summed E-state index contributed by atoms with van der Waals surface area (Å²) in [6.07, 6.45) is 4.47. The average molecular weight is 272 g/mol. The molecule has 0 radical (unpaired) electrons. The van der Waals surface area contributed by atoms with Gasteiger partial charge in [-0.1, -0.05) is 13.3 Å². The number of aliphatic hydroxyl groups excluding tert-OH is 1. The Balaban J connectivity index is 3.94. The molecule has 0 aliphatic rings. The predicted molar refractivity (Wildman–Crippen MR) is 71.8 cm³/mol. The highest BCUT2D eigenvalue weighted by molar-refractivity contribution is 5.89. The van der Waals surface area contributed by atoms with Crippen molar-refractivity contribution >= 4 is 11.8 Å². The van der Waals surface area contributed by atoms with Gasteiger partial charge in [0.25, 0.3) is 0 Å². The Bertz CT molecular complexity index is 320. The summed E-state index contributed by atoms with van der Waals surface area (Å²) in [7, 11) is 0. The Kier molecular flexibility index (Phi) is 8.27. The maximum atomic E-state index is 11.5. The molecular formula is C14H24O5. The molecule has 0 saturated heterocycles. The molecule has 5 heteroatoms. The Morgan fingerprint density at radius 3 is 2.32 bits per heavy atom. The first-order valence-corrected chi connectivity index (χ1v) is 6.64. The molecule has 0 amide bonds. The van der Waals surface area contributed by atoms with Crippen LogP contribution in [-0.2, 0) is 9.59 Å². The van der Waals surface area contributed by atoms with Crippen LogP contribution in [0.1, 0.15) is 52.4 Å². The molecule has 2 atom stereocenters. The number of hydrogen-bond acceptors (Lipinski definition) is 4. The second-order valence-electron chi connectivity index (χ2n) is 4.90. The van der Waals surface area contributed by atoms with Gasteiger partial charge in [0.05, 0.1) is 6.10 Å². The normalized spacial score (nSPS) is 16.2. The Labute approximate surface area is 113 Å². The lowest BCUT2D eigenvalue weighted by Gasteiger charge is -2.24. The van der Waals surface area contributed by atoms with Crippen LogP contribution in [0.4, 0.5) is 0 Å². The second kappa shape index (κ2) is 8.82. The van der Waals surface area contributed by atoms with Gasteiger partial charge in [0.1, 0.15) is 5.60 Å². The summed E-state index contributed by atoms with van der Waals surface area (Å²) in [6.45, 7) is 3.20. The number of carbonyl (C=O) groups excluding carboxylic acids is 1. The first-order valence-electron chi connectivity index (χ1n) is 6.64. The molecule has 5 nitrogen and oxygen atoms in total. The topological polar surface area (TPSA) is 94.8 Å². The van der Waals surface area contributed by atoms with Crippen LogP contribution in [0.25, 0.3) is 0 Å². The van der Waals surface area contributed by atoms with Crippen molar-refractivity contribution < 1.29 is 24.9 Å². The zero-order chi connectivity index (χ0) is 14.9. The molecule has 0 bridgehead atoms. The third kappa shape index (κ3) is 8.51. The Morgan fingerprint density at radius 2 is 1.79 bits per heavy atom. The molecule has 0 aliphatic heterocycles. The first-order chi connectivity index (χ1) is 8.79. The van der Waals surface area contributed by atoms with E-state index >= 15 is 0 Å². The summed E-state index contributed by atoms with van der Waals surface area (Å²) >= 11 is 0. The molecule has 0 heterocycles. The molecule has 3 N–H and O–H groups in total. The summed E-state index contributed by atoms with van der Waals surface area (Å²) in [6, 6.07) is 0. The lowest BCUT2D eigenvalue weighted by atomic mass is 9.96. The van der Waals surface area contributed by atoms with Crippen LogP contribution < -0.4 is 0 Å². The molecular weight excluding hydrogens is 248 g/mol. The molecule has 0 spiro atoms. The summed E-state index contributed by atoms with van der Waals surface area (Å²) in [5.41, 5.74) is -1.40. The van der Waals surface area contributed by atoms with Crippen LogP contribution in [0.15, 0.2) is 12.2 Å². The van der Waals surface area contributed by atoms with E-state index in [2.05, 4.69) is 0 Å². The minimum atomic E-state index is -1.40. The molecule has 0 aromatic rings. The molecule has 19 heavy (non-hydrogen) atoms. The number of aliphatic carboxylic acids is 1. The summed E-state index contributed by atoms with van der Waals surface area (Å²) in [5.74, 6) is -0.949. The van der Waals surface area contributed by atoms with Crippen LogP contribution in [0, 0.1) is 0 Å². The largest absolute Gasteiger partial charge is 0.481 e. The standard InChI is InChI=1S/C14H24O5/c1-3-12(16)14(2,19)10-9-11(15)7-5-4-6-8-13(17)18/h9-10,12,16,19H,3-8H2,1-2H3,(H,17,18)/b10-9+/t12-,14+/m1/s1. The van der Waals surface area contributed by atoms with E-state index < -0.39 is 17.7 Å². The van der Waals surface area contributed by atoms with Gasteiger partial charge >= 0.3 is 5.97 Å². The van der Waals surface area contributed by atoms with E-state index in [9.17, 15) is 19.8 Å².